The number of benzene rings is 1. The molecule has 0 heterocycles. The highest BCUT2D eigenvalue weighted by Crippen LogP contribution is 2.15. The Morgan fingerprint density at radius 3 is 2.42 bits per heavy atom. The van der Waals surface area contributed by atoms with Crippen molar-refractivity contribution in [2.45, 2.75) is 32.0 Å². The Morgan fingerprint density at radius 1 is 1.26 bits per heavy atom. The molecule has 3 nitrogen and oxygen atoms in total. The highest BCUT2D eigenvalue weighted by Gasteiger charge is 2.27. The summed E-state index contributed by atoms with van der Waals surface area (Å²) in [4.78, 5) is 0. The molecule has 1 rings (SSSR count). The van der Waals surface area contributed by atoms with Crippen LogP contribution in [0, 0.1) is 6.92 Å². The van der Waals surface area contributed by atoms with Crippen LogP contribution in [-0.4, -0.2) is 25.4 Å². The third-order valence-electron chi connectivity index (χ3n) is 2.71. The van der Waals surface area contributed by atoms with Crippen molar-refractivity contribution >= 4 is 0 Å². The van der Waals surface area contributed by atoms with Crippen LogP contribution in [-0.2, 0) is 11.2 Å². The molecular formula is C13H19F3N2O. The topological polar surface area (TPSA) is 47.3 Å². The molecule has 1 atom stereocenters. The van der Waals surface area contributed by atoms with Crippen molar-refractivity contribution in [2.75, 3.05) is 13.2 Å². The van der Waals surface area contributed by atoms with Gasteiger partial charge in [-0.15, -0.1) is 0 Å². The van der Waals surface area contributed by atoms with E-state index < -0.39 is 12.8 Å². The second kappa shape index (κ2) is 7.47. The summed E-state index contributed by atoms with van der Waals surface area (Å²) in [5.74, 6) is 5.39. The number of hydrogen-bond donors (Lipinski definition) is 2. The normalized spacial score (nSPS) is 13.5. The van der Waals surface area contributed by atoms with Crippen LogP contribution in [0.4, 0.5) is 13.2 Å². The predicted molar refractivity (Wildman–Crippen MR) is 67.5 cm³/mol. The van der Waals surface area contributed by atoms with Crippen molar-refractivity contribution in [2.24, 2.45) is 5.84 Å². The number of halogens is 3. The van der Waals surface area contributed by atoms with Crippen molar-refractivity contribution in [3.05, 3.63) is 35.4 Å². The molecule has 0 bridgehead atoms. The maximum absolute atomic E-state index is 11.9. The summed E-state index contributed by atoms with van der Waals surface area (Å²) in [6, 6.07) is 7.84. The average Bonchev–Trinajstić information content (AvgIpc) is 2.34. The molecule has 0 saturated carbocycles. The molecule has 19 heavy (non-hydrogen) atoms. The van der Waals surface area contributed by atoms with Crippen LogP contribution in [0.5, 0.6) is 0 Å². The third kappa shape index (κ3) is 7.15. The Labute approximate surface area is 110 Å². The van der Waals surface area contributed by atoms with Crippen molar-refractivity contribution in [3.8, 4) is 0 Å². The van der Waals surface area contributed by atoms with E-state index in [9.17, 15) is 13.2 Å². The van der Waals surface area contributed by atoms with Gasteiger partial charge in [-0.2, -0.15) is 13.2 Å². The molecule has 0 spiro atoms. The van der Waals surface area contributed by atoms with Crippen LogP contribution >= 0.6 is 0 Å². The third-order valence-corrected chi connectivity index (χ3v) is 2.71. The van der Waals surface area contributed by atoms with E-state index in [2.05, 4.69) is 10.2 Å². The SMILES string of the molecule is Cc1ccc(CC(CCOCC(F)(F)F)NN)cc1. The van der Waals surface area contributed by atoms with Gasteiger partial charge in [-0.25, -0.2) is 0 Å². The molecule has 0 aliphatic heterocycles. The fraction of sp³-hybridized carbons (Fsp3) is 0.538. The minimum absolute atomic E-state index is 0.0280. The zero-order chi connectivity index (χ0) is 14.3. The number of alkyl halides is 3. The van der Waals surface area contributed by atoms with Crippen molar-refractivity contribution in [3.63, 3.8) is 0 Å². The van der Waals surface area contributed by atoms with E-state index in [1.165, 1.54) is 0 Å². The molecule has 6 heteroatoms. The summed E-state index contributed by atoms with van der Waals surface area (Å²) in [6.07, 6.45) is -3.19. The maximum atomic E-state index is 11.9. The molecular weight excluding hydrogens is 257 g/mol. The van der Waals surface area contributed by atoms with Gasteiger partial charge in [0.05, 0.1) is 0 Å². The standard InChI is InChI=1S/C13H19F3N2O/c1-10-2-4-11(5-3-10)8-12(18-17)6-7-19-9-13(14,15)16/h2-5,12,18H,6-9,17H2,1H3. The zero-order valence-electron chi connectivity index (χ0n) is 10.8. The Balaban J connectivity index is 2.31. The van der Waals surface area contributed by atoms with E-state index in [4.69, 9.17) is 5.84 Å². The molecule has 0 fully saturated rings. The number of ether oxygens (including phenoxy) is 1. The van der Waals surface area contributed by atoms with Gasteiger partial charge in [-0.05, 0) is 25.3 Å². The minimum atomic E-state index is -4.28. The van der Waals surface area contributed by atoms with E-state index in [-0.39, 0.29) is 12.6 Å². The van der Waals surface area contributed by atoms with Crippen LogP contribution in [0.15, 0.2) is 24.3 Å². The van der Waals surface area contributed by atoms with Gasteiger partial charge in [-0.1, -0.05) is 29.8 Å². The Hall–Kier alpha value is -1.11. The predicted octanol–water partition coefficient (Wildman–Crippen LogP) is 2.34. The quantitative estimate of drug-likeness (QED) is 0.456. The molecule has 1 unspecified atom stereocenters. The van der Waals surface area contributed by atoms with Crippen molar-refractivity contribution in [1.82, 2.24) is 5.43 Å². The lowest BCUT2D eigenvalue weighted by Crippen LogP contribution is -2.37. The Kier molecular flexibility index (Phi) is 6.27. The van der Waals surface area contributed by atoms with Crippen molar-refractivity contribution in [1.29, 1.82) is 0 Å². The number of nitrogens with one attached hydrogen (secondary N) is 1. The second-order valence-corrected chi connectivity index (χ2v) is 4.51. The van der Waals surface area contributed by atoms with Gasteiger partial charge < -0.3 is 4.74 Å². The first-order valence-electron chi connectivity index (χ1n) is 6.07. The number of aryl methyl sites for hydroxylation is 1. The fourth-order valence-corrected chi connectivity index (χ4v) is 1.67. The fourth-order valence-electron chi connectivity index (χ4n) is 1.67. The summed E-state index contributed by atoms with van der Waals surface area (Å²) < 4.78 is 40.2. The summed E-state index contributed by atoms with van der Waals surface area (Å²) in [5.41, 5.74) is 4.85. The van der Waals surface area contributed by atoms with E-state index in [1.54, 1.807) is 0 Å². The summed E-state index contributed by atoms with van der Waals surface area (Å²) in [7, 11) is 0. The summed E-state index contributed by atoms with van der Waals surface area (Å²) in [5, 5.41) is 0. The lowest BCUT2D eigenvalue weighted by Gasteiger charge is -2.16. The number of rotatable bonds is 7. The van der Waals surface area contributed by atoms with Crippen LogP contribution in [0.3, 0.4) is 0 Å². The minimum Gasteiger partial charge on any atom is -0.372 e. The van der Waals surface area contributed by atoms with Gasteiger partial charge in [0, 0.05) is 12.6 Å². The molecule has 108 valence electrons. The number of hydrogen-bond acceptors (Lipinski definition) is 3. The lowest BCUT2D eigenvalue weighted by atomic mass is 10.0. The van der Waals surface area contributed by atoms with Gasteiger partial charge in [0.25, 0.3) is 0 Å². The average molecular weight is 276 g/mol. The lowest BCUT2D eigenvalue weighted by molar-refractivity contribution is -0.174. The molecule has 0 saturated heterocycles. The molecule has 0 aliphatic carbocycles. The molecule has 0 aromatic heterocycles. The van der Waals surface area contributed by atoms with E-state index >= 15 is 0 Å². The Morgan fingerprint density at radius 2 is 1.89 bits per heavy atom. The van der Waals surface area contributed by atoms with E-state index in [1.807, 2.05) is 31.2 Å². The first-order valence-corrected chi connectivity index (χ1v) is 6.07. The molecule has 1 aromatic carbocycles. The number of hydrazine groups is 1. The smallest absolute Gasteiger partial charge is 0.372 e. The molecule has 1 aromatic rings. The zero-order valence-corrected chi connectivity index (χ0v) is 10.8. The van der Waals surface area contributed by atoms with Crippen molar-refractivity contribution < 1.29 is 17.9 Å². The monoisotopic (exact) mass is 276 g/mol. The van der Waals surface area contributed by atoms with Gasteiger partial charge in [-0.3, -0.25) is 11.3 Å². The highest BCUT2D eigenvalue weighted by molar-refractivity contribution is 5.22. The first kappa shape index (κ1) is 15.9. The van der Waals surface area contributed by atoms with Crippen LogP contribution in [0.1, 0.15) is 17.5 Å². The largest absolute Gasteiger partial charge is 0.411 e. The van der Waals surface area contributed by atoms with E-state index in [0.717, 1.165) is 11.1 Å². The molecule has 3 N–H and O–H groups in total. The van der Waals surface area contributed by atoms with Crippen LogP contribution < -0.4 is 11.3 Å². The van der Waals surface area contributed by atoms with E-state index in [0.29, 0.717) is 12.8 Å². The van der Waals surface area contributed by atoms with Gasteiger partial charge >= 0.3 is 6.18 Å². The molecule has 0 aliphatic rings. The summed E-state index contributed by atoms with van der Waals surface area (Å²) in [6.45, 7) is 0.808. The van der Waals surface area contributed by atoms with Gasteiger partial charge in [0.1, 0.15) is 6.61 Å². The highest BCUT2D eigenvalue weighted by atomic mass is 19.4. The summed E-state index contributed by atoms with van der Waals surface area (Å²) >= 11 is 0. The Bertz CT molecular complexity index is 365. The van der Waals surface area contributed by atoms with Crippen LogP contribution in [0.25, 0.3) is 0 Å². The molecule has 0 amide bonds. The number of nitrogens with two attached hydrogens (primary N) is 1. The maximum Gasteiger partial charge on any atom is 0.411 e. The van der Waals surface area contributed by atoms with Gasteiger partial charge in [0.2, 0.25) is 0 Å². The first-order chi connectivity index (χ1) is 8.90. The van der Waals surface area contributed by atoms with Crippen LogP contribution in [0.2, 0.25) is 0 Å². The molecule has 0 radical (unpaired) electrons. The second-order valence-electron chi connectivity index (χ2n) is 4.51. The van der Waals surface area contributed by atoms with Gasteiger partial charge in [0.15, 0.2) is 0 Å².